The molecule has 10 heteroatoms. The van der Waals surface area contributed by atoms with E-state index in [4.69, 9.17) is 11.6 Å². The predicted molar refractivity (Wildman–Crippen MR) is 103 cm³/mol. The molecule has 0 unspecified atom stereocenters. The van der Waals surface area contributed by atoms with Gasteiger partial charge in [-0.05, 0) is 30.0 Å². The highest BCUT2D eigenvalue weighted by Crippen LogP contribution is 2.34. The van der Waals surface area contributed by atoms with Gasteiger partial charge in [0.05, 0.1) is 5.69 Å². The van der Waals surface area contributed by atoms with Crippen LogP contribution in [0.2, 0.25) is 5.02 Å². The summed E-state index contributed by atoms with van der Waals surface area (Å²) in [4.78, 5) is 41.0. The van der Waals surface area contributed by atoms with Crippen LogP contribution in [0.25, 0.3) is 0 Å². The molecule has 0 spiro atoms. The molecule has 0 saturated heterocycles. The van der Waals surface area contributed by atoms with Gasteiger partial charge < -0.3 is 9.88 Å². The summed E-state index contributed by atoms with van der Waals surface area (Å²) in [7, 11) is 3.23. The molecule has 0 saturated carbocycles. The van der Waals surface area contributed by atoms with Crippen LogP contribution in [0.15, 0.2) is 62.5 Å². The third-order valence-corrected chi connectivity index (χ3v) is 5.16. The van der Waals surface area contributed by atoms with E-state index in [1.165, 1.54) is 31.1 Å². The molecule has 0 bridgehead atoms. The van der Waals surface area contributed by atoms with Gasteiger partial charge in [-0.15, -0.1) is 0 Å². The first kappa shape index (κ1) is 19.0. The minimum absolute atomic E-state index is 0.230. The number of aromatic nitrogens is 4. The second-order valence-corrected chi connectivity index (χ2v) is 7.18. The Kier molecular flexibility index (Phi) is 5.52. The van der Waals surface area contributed by atoms with Crippen molar-refractivity contribution in [1.82, 2.24) is 18.7 Å². The second kappa shape index (κ2) is 7.85. The van der Waals surface area contributed by atoms with E-state index in [0.29, 0.717) is 10.7 Å². The van der Waals surface area contributed by atoms with E-state index >= 15 is 0 Å². The summed E-state index contributed by atoms with van der Waals surface area (Å²) in [5.74, 6) is -0.417. The van der Waals surface area contributed by atoms with Gasteiger partial charge in [-0.3, -0.25) is 18.7 Å². The molecule has 0 aliphatic carbocycles. The lowest BCUT2D eigenvalue weighted by Gasteiger charge is -2.12. The molecule has 1 N–H and O–H groups in total. The van der Waals surface area contributed by atoms with Gasteiger partial charge in [0.1, 0.15) is 6.54 Å². The minimum atomic E-state index is -0.564. The molecule has 0 aliphatic rings. The number of aryl methyl sites for hydroxylation is 1. The average Bonchev–Trinajstić information content (AvgIpc) is 3.02. The lowest BCUT2D eigenvalue weighted by atomic mass is 10.3. The maximum Gasteiger partial charge on any atom is 0.331 e. The molecule has 8 nitrogen and oxygen atoms in total. The summed E-state index contributed by atoms with van der Waals surface area (Å²) in [6.07, 6.45) is 4.80. The van der Waals surface area contributed by atoms with Crippen LogP contribution >= 0.6 is 23.4 Å². The van der Waals surface area contributed by atoms with Crippen LogP contribution in [-0.4, -0.2) is 24.6 Å². The molecule has 3 rings (SSSR count). The number of carbonyl (C=O) groups is 1. The first-order valence-electron chi connectivity index (χ1n) is 7.86. The van der Waals surface area contributed by atoms with Crippen LogP contribution in [0.4, 0.5) is 5.69 Å². The quantitative estimate of drug-likeness (QED) is 0.698. The van der Waals surface area contributed by atoms with E-state index in [9.17, 15) is 14.4 Å². The Morgan fingerprint density at radius 3 is 2.70 bits per heavy atom. The zero-order chi connectivity index (χ0) is 19.6. The maximum atomic E-state index is 12.4. The van der Waals surface area contributed by atoms with E-state index in [0.717, 1.165) is 19.2 Å². The fraction of sp³-hybridized carbons (Fsp3) is 0.176. The van der Waals surface area contributed by atoms with Crippen molar-refractivity contribution in [2.45, 2.75) is 16.6 Å². The summed E-state index contributed by atoms with van der Waals surface area (Å²) in [6, 6.07) is 6.38. The molecule has 0 radical (unpaired) electrons. The third-order valence-electron chi connectivity index (χ3n) is 3.77. The number of hydrogen-bond acceptors (Lipinski definition) is 5. The summed E-state index contributed by atoms with van der Waals surface area (Å²) in [5, 5.41) is 3.98. The number of carbonyl (C=O) groups excluding carboxylic acids is 1. The average molecular weight is 406 g/mol. The first-order valence-corrected chi connectivity index (χ1v) is 9.05. The van der Waals surface area contributed by atoms with Gasteiger partial charge in [0.15, 0.2) is 5.16 Å². The van der Waals surface area contributed by atoms with E-state index in [2.05, 4.69) is 10.3 Å². The van der Waals surface area contributed by atoms with Gasteiger partial charge in [-0.1, -0.05) is 11.6 Å². The highest BCUT2D eigenvalue weighted by atomic mass is 35.5. The van der Waals surface area contributed by atoms with Gasteiger partial charge in [0, 0.05) is 48.7 Å². The molecular weight excluding hydrogens is 390 g/mol. The van der Waals surface area contributed by atoms with Crippen LogP contribution in [0, 0.1) is 0 Å². The van der Waals surface area contributed by atoms with Crippen molar-refractivity contribution in [3.05, 3.63) is 68.7 Å². The van der Waals surface area contributed by atoms with Gasteiger partial charge >= 0.3 is 5.69 Å². The number of rotatable bonds is 5. The number of nitrogens with zero attached hydrogens (tertiary/aromatic N) is 4. The van der Waals surface area contributed by atoms with Crippen LogP contribution in [0.1, 0.15) is 0 Å². The van der Waals surface area contributed by atoms with Crippen molar-refractivity contribution in [1.29, 1.82) is 0 Å². The normalized spacial score (nSPS) is 10.8. The molecular formula is C17H16ClN5O3S. The van der Waals surface area contributed by atoms with Crippen molar-refractivity contribution in [3.8, 4) is 0 Å². The smallest absolute Gasteiger partial charge is 0.329 e. The topological polar surface area (TPSA) is 90.9 Å². The summed E-state index contributed by atoms with van der Waals surface area (Å²) in [5.41, 5.74) is -0.482. The zero-order valence-electron chi connectivity index (χ0n) is 14.5. The van der Waals surface area contributed by atoms with Crippen molar-refractivity contribution in [2.75, 3.05) is 5.32 Å². The number of anilines is 1. The zero-order valence-corrected chi connectivity index (χ0v) is 16.1. The molecule has 27 heavy (non-hydrogen) atoms. The van der Waals surface area contributed by atoms with E-state index < -0.39 is 17.2 Å². The monoisotopic (exact) mass is 405 g/mol. The Bertz CT molecular complexity index is 1120. The Morgan fingerprint density at radius 2 is 2.00 bits per heavy atom. The molecule has 0 atom stereocenters. The Hall–Kier alpha value is -2.78. The van der Waals surface area contributed by atoms with Crippen LogP contribution in [-0.2, 0) is 25.4 Å². The Balaban J connectivity index is 1.82. The summed E-state index contributed by atoms with van der Waals surface area (Å²) < 4.78 is 3.96. The molecule has 3 aromatic rings. The number of amides is 1. The van der Waals surface area contributed by atoms with E-state index in [1.54, 1.807) is 24.4 Å². The third kappa shape index (κ3) is 4.32. The standard InChI is InChI=1S/C17H16ClN5O3S/c1-21-8-6-19-16(21)27-13-4-3-11(18)9-12(13)20-14(24)10-23-7-5-15(25)22(2)17(23)26/h3-9H,10H2,1-2H3,(H,20,24). The van der Waals surface area contributed by atoms with Gasteiger partial charge in [-0.2, -0.15) is 0 Å². The van der Waals surface area contributed by atoms with Crippen LogP contribution in [0.5, 0.6) is 0 Å². The van der Waals surface area contributed by atoms with Crippen LogP contribution < -0.4 is 16.6 Å². The fourth-order valence-corrected chi connectivity index (χ4v) is 3.36. The molecule has 0 fully saturated rings. The molecule has 1 aromatic carbocycles. The highest BCUT2D eigenvalue weighted by Gasteiger charge is 2.13. The minimum Gasteiger partial charge on any atom is -0.329 e. The predicted octanol–water partition coefficient (Wildman–Crippen LogP) is 1.72. The molecule has 1 amide bonds. The van der Waals surface area contributed by atoms with Crippen molar-refractivity contribution in [2.24, 2.45) is 14.1 Å². The van der Waals surface area contributed by atoms with Gasteiger partial charge in [-0.25, -0.2) is 9.78 Å². The lowest BCUT2D eigenvalue weighted by molar-refractivity contribution is -0.116. The largest absolute Gasteiger partial charge is 0.331 e. The van der Waals surface area contributed by atoms with Crippen molar-refractivity contribution < 1.29 is 4.79 Å². The van der Waals surface area contributed by atoms with Crippen LogP contribution in [0.3, 0.4) is 0 Å². The van der Waals surface area contributed by atoms with Gasteiger partial charge in [0.2, 0.25) is 5.91 Å². The van der Waals surface area contributed by atoms with E-state index in [1.807, 2.05) is 17.8 Å². The lowest BCUT2D eigenvalue weighted by Crippen LogP contribution is -2.39. The number of imidazole rings is 1. The maximum absolute atomic E-state index is 12.4. The fourth-order valence-electron chi connectivity index (χ4n) is 2.32. The molecule has 140 valence electrons. The Morgan fingerprint density at radius 1 is 1.22 bits per heavy atom. The molecule has 0 aliphatic heterocycles. The Labute approximate surface area is 163 Å². The number of halogens is 1. The van der Waals surface area contributed by atoms with Crippen molar-refractivity contribution >= 4 is 35.0 Å². The summed E-state index contributed by atoms with van der Waals surface area (Å²) in [6.45, 7) is -0.230. The van der Waals surface area contributed by atoms with E-state index in [-0.39, 0.29) is 6.54 Å². The number of benzene rings is 1. The summed E-state index contributed by atoms with van der Waals surface area (Å²) >= 11 is 7.44. The number of hydrogen-bond donors (Lipinski definition) is 1. The molecule has 2 heterocycles. The number of nitrogens with one attached hydrogen (secondary N) is 1. The SMILES string of the molecule is Cn1ccnc1Sc1ccc(Cl)cc1NC(=O)Cn1ccc(=O)n(C)c1=O. The highest BCUT2D eigenvalue weighted by molar-refractivity contribution is 7.99. The molecule has 2 aromatic heterocycles. The second-order valence-electron chi connectivity index (χ2n) is 5.73. The van der Waals surface area contributed by atoms with Gasteiger partial charge in [0.25, 0.3) is 5.56 Å². The van der Waals surface area contributed by atoms with Crippen molar-refractivity contribution in [3.63, 3.8) is 0 Å². The first-order chi connectivity index (χ1) is 12.8.